The minimum atomic E-state index is 0.226. The molecule has 4 nitrogen and oxygen atoms in total. The lowest BCUT2D eigenvalue weighted by Crippen LogP contribution is -2.30. The van der Waals surface area contributed by atoms with Gasteiger partial charge in [-0.05, 0) is 12.8 Å². The van der Waals surface area contributed by atoms with Gasteiger partial charge in [0.05, 0.1) is 12.5 Å². The predicted octanol–water partition coefficient (Wildman–Crippen LogP) is 3.94. The molecule has 5 heteroatoms. The van der Waals surface area contributed by atoms with E-state index in [9.17, 15) is 0 Å². The molecule has 110 valence electrons. The van der Waals surface area contributed by atoms with Crippen LogP contribution in [-0.4, -0.2) is 23.1 Å². The normalized spacial score (nSPS) is 10.9. The fourth-order valence-electron chi connectivity index (χ4n) is 1.97. The molecule has 1 aromatic rings. The van der Waals surface area contributed by atoms with Gasteiger partial charge in [0.25, 0.3) is 0 Å². The molecular weight excluding hydrogens is 272 g/mol. The average molecular weight is 295 g/mol. The summed E-state index contributed by atoms with van der Waals surface area (Å²) in [5.74, 6) is 2.33. The van der Waals surface area contributed by atoms with E-state index in [1.165, 1.54) is 0 Å². The lowest BCUT2D eigenvalue weighted by atomic mass is 10.1. The highest BCUT2D eigenvalue weighted by atomic mass is 35.5. The van der Waals surface area contributed by atoms with Crippen LogP contribution in [-0.2, 0) is 0 Å². The van der Waals surface area contributed by atoms with Gasteiger partial charge in [0.2, 0.25) is 0 Å². The van der Waals surface area contributed by atoms with Crippen LogP contribution in [0.1, 0.15) is 51.4 Å². The largest absolute Gasteiger partial charge is 0.355 e. The summed E-state index contributed by atoms with van der Waals surface area (Å²) in [4.78, 5) is 11.1. The Morgan fingerprint density at radius 2 is 1.90 bits per heavy atom. The van der Waals surface area contributed by atoms with Crippen molar-refractivity contribution in [3.8, 4) is 6.07 Å². The molecule has 0 unspecified atom stereocenters. The molecule has 0 amide bonds. The van der Waals surface area contributed by atoms with Crippen LogP contribution in [0.4, 0.5) is 5.82 Å². The molecule has 0 saturated carbocycles. The summed E-state index contributed by atoms with van der Waals surface area (Å²) < 4.78 is 0. The Bertz CT molecular complexity index is 491. The first kappa shape index (κ1) is 16.7. The number of hydrogen-bond donors (Lipinski definition) is 0. The summed E-state index contributed by atoms with van der Waals surface area (Å²) in [5.41, 5.74) is 0.884. The van der Waals surface area contributed by atoms with Gasteiger partial charge in [-0.25, -0.2) is 9.97 Å². The highest BCUT2D eigenvalue weighted by Gasteiger charge is 2.18. The maximum Gasteiger partial charge on any atom is 0.137 e. The van der Waals surface area contributed by atoms with E-state index in [1.54, 1.807) is 0 Å². The molecule has 0 atom stereocenters. The molecule has 0 bridgehead atoms. The zero-order chi connectivity index (χ0) is 15.3. The van der Waals surface area contributed by atoms with E-state index >= 15 is 0 Å². The molecular formula is C15H23ClN4. The third-order valence-corrected chi connectivity index (χ3v) is 3.34. The Balaban J connectivity index is 3.20. The van der Waals surface area contributed by atoms with Gasteiger partial charge in [0, 0.05) is 24.6 Å². The SMILES string of the molecule is Cc1c(Cl)nc(C(C)C)nc1N(CCC#N)CC(C)C. The van der Waals surface area contributed by atoms with E-state index in [1.807, 2.05) is 20.8 Å². The van der Waals surface area contributed by atoms with E-state index in [0.717, 1.165) is 23.8 Å². The van der Waals surface area contributed by atoms with Gasteiger partial charge >= 0.3 is 0 Å². The van der Waals surface area contributed by atoms with Crippen LogP contribution in [0.5, 0.6) is 0 Å². The third kappa shape index (κ3) is 4.35. The zero-order valence-corrected chi connectivity index (χ0v) is 13.7. The maximum absolute atomic E-state index is 8.83. The molecule has 1 rings (SSSR count). The van der Waals surface area contributed by atoms with Crippen molar-refractivity contribution in [1.29, 1.82) is 5.26 Å². The monoisotopic (exact) mass is 294 g/mol. The van der Waals surface area contributed by atoms with Crippen molar-refractivity contribution in [3.05, 3.63) is 16.5 Å². The lowest BCUT2D eigenvalue weighted by molar-refractivity contribution is 0.603. The minimum absolute atomic E-state index is 0.226. The quantitative estimate of drug-likeness (QED) is 0.746. The molecule has 0 aromatic carbocycles. The van der Waals surface area contributed by atoms with Crippen molar-refractivity contribution < 1.29 is 0 Å². The van der Waals surface area contributed by atoms with Crippen LogP contribution in [0, 0.1) is 24.2 Å². The standard InChI is InChI=1S/C15H23ClN4/c1-10(2)9-20(8-6-7-17)15-12(5)13(16)18-14(19-15)11(3)4/h10-11H,6,8-9H2,1-5H3. The van der Waals surface area contributed by atoms with Crippen LogP contribution >= 0.6 is 11.6 Å². The summed E-state index contributed by atoms with van der Waals surface area (Å²) in [7, 11) is 0. The molecule has 0 radical (unpaired) electrons. The summed E-state index contributed by atoms with van der Waals surface area (Å²) in [6.45, 7) is 11.9. The molecule has 20 heavy (non-hydrogen) atoms. The van der Waals surface area contributed by atoms with Gasteiger partial charge in [0.15, 0.2) is 0 Å². The van der Waals surface area contributed by atoms with E-state index in [0.29, 0.717) is 24.0 Å². The van der Waals surface area contributed by atoms with Crippen LogP contribution in [0.25, 0.3) is 0 Å². The van der Waals surface area contributed by atoms with E-state index in [4.69, 9.17) is 16.9 Å². The summed E-state index contributed by atoms with van der Waals surface area (Å²) in [6.07, 6.45) is 0.477. The second-order valence-corrected chi connectivity index (χ2v) is 6.08. The molecule has 0 N–H and O–H groups in total. The molecule has 0 saturated heterocycles. The van der Waals surface area contributed by atoms with Crippen LogP contribution in [0.15, 0.2) is 0 Å². The molecule has 0 fully saturated rings. The molecule has 1 heterocycles. The highest BCUT2D eigenvalue weighted by Crippen LogP contribution is 2.26. The van der Waals surface area contributed by atoms with Crippen molar-refractivity contribution in [3.63, 3.8) is 0 Å². The maximum atomic E-state index is 8.83. The Morgan fingerprint density at radius 1 is 1.25 bits per heavy atom. The van der Waals surface area contributed by atoms with Crippen LogP contribution < -0.4 is 4.90 Å². The van der Waals surface area contributed by atoms with Crippen molar-refractivity contribution >= 4 is 17.4 Å². The van der Waals surface area contributed by atoms with E-state index < -0.39 is 0 Å². The van der Waals surface area contributed by atoms with Crippen molar-refractivity contribution in [2.45, 2.75) is 47.0 Å². The van der Waals surface area contributed by atoms with Gasteiger partial charge in [-0.1, -0.05) is 39.3 Å². The molecule has 0 aliphatic heterocycles. The van der Waals surface area contributed by atoms with Crippen molar-refractivity contribution in [2.24, 2.45) is 5.92 Å². The second-order valence-electron chi connectivity index (χ2n) is 5.72. The Kier molecular flexibility index (Phi) is 6.22. The predicted molar refractivity (Wildman–Crippen MR) is 83.1 cm³/mol. The van der Waals surface area contributed by atoms with E-state index in [-0.39, 0.29) is 5.92 Å². The number of aromatic nitrogens is 2. The minimum Gasteiger partial charge on any atom is -0.355 e. The van der Waals surface area contributed by atoms with Gasteiger partial charge in [-0.2, -0.15) is 5.26 Å². The number of halogens is 1. The number of rotatable bonds is 6. The number of hydrogen-bond acceptors (Lipinski definition) is 4. The number of nitriles is 1. The Morgan fingerprint density at radius 3 is 2.40 bits per heavy atom. The summed E-state index contributed by atoms with van der Waals surface area (Å²) >= 11 is 6.23. The fraction of sp³-hybridized carbons (Fsp3) is 0.667. The van der Waals surface area contributed by atoms with Gasteiger partial charge in [-0.3, -0.25) is 0 Å². The number of anilines is 1. The molecule has 0 aliphatic rings. The average Bonchev–Trinajstić information content (AvgIpc) is 2.37. The first-order chi connectivity index (χ1) is 9.36. The zero-order valence-electron chi connectivity index (χ0n) is 12.9. The van der Waals surface area contributed by atoms with Crippen LogP contribution in [0.3, 0.4) is 0 Å². The molecule has 0 spiro atoms. The van der Waals surface area contributed by atoms with Gasteiger partial charge < -0.3 is 4.90 Å². The topological polar surface area (TPSA) is 52.8 Å². The molecule has 1 aromatic heterocycles. The summed E-state index contributed by atoms with van der Waals surface area (Å²) in [6, 6.07) is 2.19. The van der Waals surface area contributed by atoms with Crippen molar-refractivity contribution in [2.75, 3.05) is 18.0 Å². The van der Waals surface area contributed by atoms with Crippen molar-refractivity contribution in [1.82, 2.24) is 9.97 Å². The third-order valence-electron chi connectivity index (χ3n) is 2.97. The summed E-state index contributed by atoms with van der Waals surface area (Å²) in [5, 5.41) is 9.33. The molecule has 0 aliphatic carbocycles. The smallest absolute Gasteiger partial charge is 0.137 e. The van der Waals surface area contributed by atoms with Gasteiger partial charge in [-0.15, -0.1) is 0 Å². The second kappa shape index (κ2) is 7.44. The van der Waals surface area contributed by atoms with Gasteiger partial charge in [0.1, 0.15) is 16.8 Å². The van der Waals surface area contributed by atoms with Crippen LogP contribution in [0.2, 0.25) is 5.15 Å². The number of nitrogens with zero attached hydrogens (tertiary/aromatic N) is 4. The highest BCUT2D eigenvalue weighted by molar-refractivity contribution is 6.30. The lowest BCUT2D eigenvalue weighted by Gasteiger charge is -2.27. The van der Waals surface area contributed by atoms with E-state index in [2.05, 4.69) is 34.8 Å². The first-order valence-electron chi connectivity index (χ1n) is 7.02. The fourth-order valence-corrected chi connectivity index (χ4v) is 2.14. The Hall–Kier alpha value is -1.34. The Labute approximate surface area is 126 Å². The first-order valence-corrected chi connectivity index (χ1v) is 7.40.